The third-order valence-corrected chi connectivity index (χ3v) is 2.05. The van der Waals surface area contributed by atoms with Gasteiger partial charge < -0.3 is 5.73 Å². The van der Waals surface area contributed by atoms with Crippen molar-refractivity contribution in [3.63, 3.8) is 0 Å². The van der Waals surface area contributed by atoms with Gasteiger partial charge in [0.2, 0.25) is 0 Å². The van der Waals surface area contributed by atoms with Gasteiger partial charge in [-0.25, -0.2) is 4.79 Å². The molecule has 0 fully saturated rings. The number of anilines is 1. The Labute approximate surface area is 81.8 Å². The Bertz CT molecular complexity index is 431. The molecule has 0 amide bonds. The zero-order valence-corrected chi connectivity index (χ0v) is 8.49. The molecule has 1 heterocycles. The molecule has 5 nitrogen and oxygen atoms in total. The van der Waals surface area contributed by atoms with E-state index in [2.05, 4.69) is 0 Å². The average molecular weight is 197 g/mol. The number of hydrogen-bond acceptors (Lipinski definition) is 3. The van der Waals surface area contributed by atoms with Gasteiger partial charge in [-0.05, 0) is 13.3 Å². The number of hydrogen-bond donors (Lipinski definition) is 1. The van der Waals surface area contributed by atoms with Crippen LogP contribution in [0.1, 0.15) is 20.3 Å². The van der Waals surface area contributed by atoms with Crippen molar-refractivity contribution in [2.45, 2.75) is 33.4 Å². The number of nitrogens with two attached hydrogens (primary N) is 1. The topological polar surface area (TPSA) is 70.0 Å². The first-order chi connectivity index (χ1) is 6.61. The van der Waals surface area contributed by atoms with Crippen LogP contribution in [0, 0.1) is 0 Å². The maximum atomic E-state index is 11.6. The molecule has 14 heavy (non-hydrogen) atoms. The predicted molar refractivity (Wildman–Crippen MR) is 55.3 cm³/mol. The minimum absolute atomic E-state index is 0.125. The van der Waals surface area contributed by atoms with Crippen molar-refractivity contribution < 1.29 is 0 Å². The van der Waals surface area contributed by atoms with Crippen molar-refractivity contribution >= 4 is 5.69 Å². The first-order valence-corrected chi connectivity index (χ1v) is 4.71. The van der Waals surface area contributed by atoms with E-state index < -0.39 is 0 Å². The molecule has 0 aliphatic carbocycles. The molecular weight excluding hydrogens is 182 g/mol. The van der Waals surface area contributed by atoms with E-state index in [1.54, 1.807) is 0 Å². The van der Waals surface area contributed by atoms with Gasteiger partial charge in [-0.2, -0.15) is 0 Å². The second-order valence-electron chi connectivity index (χ2n) is 3.11. The molecule has 0 unspecified atom stereocenters. The SMILES string of the molecule is CCCn1c(=O)c(N)cn(CC)c1=O. The Morgan fingerprint density at radius 3 is 2.50 bits per heavy atom. The van der Waals surface area contributed by atoms with Crippen LogP contribution in [0.4, 0.5) is 5.69 Å². The third-order valence-electron chi connectivity index (χ3n) is 2.05. The van der Waals surface area contributed by atoms with E-state index >= 15 is 0 Å². The molecule has 0 saturated carbocycles. The number of aryl methyl sites for hydroxylation is 1. The highest BCUT2D eigenvalue weighted by atomic mass is 16.2. The number of aromatic nitrogens is 2. The summed E-state index contributed by atoms with van der Waals surface area (Å²) in [5.41, 5.74) is 4.96. The van der Waals surface area contributed by atoms with E-state index in [9.17, 15) is 9.59 Å². The van der Waals surface area contributed by atoms with Crippen LogP contribution >= 0.6 is 0 Å². The minimum atomic E-state index is -0.387. The van der Waals surface area contributed by atoms with E-state index in [0.29, 0.717) is 13.1 Å². The van der Waals surface area contributed by atoms with Crippen molar-refractivity contribution in [1.29, 1.82) is 0 Å². The highest BCUT2D eigenvalue weighted by Crippen LogP contribution is 1.90. The Balaban J connectivity index is 3.45. The summed E-state index contributed by atoms with van der Waals surface area (Å²) in [5.74, 6) is 0. The highest BCUT2D eigenvalue weighted by molar-refractivity contribution is 5.30. The van der Waals surface area contributed by atoms with Crippen molar-refractivity contribution in [3.8, 4) is 0 Å². The van der Waals surface area contributed by atoms with Crippen LogP contribution in [0.25, 0.3) is 0 Å². The Morgan fingerprint density at radius 2 is 2.00 bits per heavy atom. The molecule has 78 valence electrons. The minimum Gasteiger partial charge on any atom is -0.393 e. The first kappa shape index (κ1) is 10.6. The third kappa shape index (κ3) is 1.71. The normalized spacial score (nSPS) is 10.4. The molecule has 0 spiro atoms. The van der Waals surface area contributed by atoms with Crippen LogP contribution < -0.4 is 17.0 Å². The van der Waals surface area contributed by atoms with Gasteiger partial charge >= 0.3 is 5.69 Å². The van der Waals surface area contributed by atoms with E-state index in [4.69, 9.17) is 5.73 Å². The van der Waals surface area contributed by atoms with Crippen molar-refractivity contribution in [1.82, 2.24) is 9.13 Å². The lowest BCUT2D eigenvalue weighted by Gasteiger charge is -2.08. The van der Waals surface area contributed by atoms with Crippen LogP contribution in [-0.4, -0.2) is 9.13 Å². The summed E-state index contributed by atoms with van der Waals surface area (Å²) >= 11 is 0. The maximum absolute atomic E-state index is 11.6. The zero-order valence-electron chi connectivity index (χ0n) is 8.49. The lowest BCUT2D eigenvalue weighted by Crippen LogP contribution is -2.40. The summed E-state index contributed by atoms with van der Waals surface area (Å²) in [6.07, 6.45) is 2.14. The largest absolute Gasteiger partial charge is 0.393 e. The summed E-state index contributed by atoms with van der Waals surface area (Å²) in [6.45, 7) is 4.68. The van der Waals surface area contributed by atoms with E-state index in [-0.39, 0.29) is 16.9 Å². The summed E-state index contributed by atoms with van der Waals surface area (Å²) in [4.78, 5) is 23.1. The average Bonchev–Trinajstić information content (AvgIpc) is 2.18. The molecule has 0 aromatic carbocycles. The first-order valence-electron chi connectivity index (χ1n) is 4.71. The van der Waals surface area contributed by atoms with E-state index in [1.165, 1.54) is 15.3 Å². The fraction of sp³-hybridized carbons (Fsp3) is 0.556. The molecule has 1 aromatic rings. The second-order valence-corrected chi connectivity index (χ2v) is 3.11. The van der Waals surface area contributed by atoms with Crippen LogP contribution in [-0.2, 0) is 13.1 Å². The van der Waals surface area contributed by atoms with Crippen molar-refractivity contribution in [2.75, 3.05) is 5.73 Å². The molecule has 1 rings (SSSR count). The monoisotopic (exact) mass is 197 g/mol. The molecule has 0 saturated heterocycles. The summed E-state index contributed by atoms with van der Waals surface area (Å²) in [6, 6.07) is 0. The van der Waals surface area contributed by atoms with Crippen molar-refractivity contribution in [2.24, 2.45) is 0 Å². The van der Waals surface area contributed by atoms with Crippen LogP contribution in [0.2, 0.25) is 0 Å². The Hall–Kier alpha value is -1.52. The van der Waals surface area contributed by atoms with Crippen LogP contribution in [0.3, 0.4) is 0 Å². The molecule has 0 aliphatic heterocycles. The summed E-state index contributed by atoms with van der Waals surface area (Å²) < 4.78 is 2.62. The van der Waals surface area contributed by atoms with Crippen LogP contribution in [0.5, 0.6) is 0 Å². The zero-order chi connectivity index (χ0) is 10.7. The fourth-order valence-electron chi connectivity index (χ4n) is 1.32. The molecule has 2 N–H and O–H groups in total. The Kier molecular flexibility index (Phi) is 3.11. The summed E-state index contributed by atoms with van der Waals surface area (Å²) in [5, 5.41) is 0. The van der Waals surface area contributed by atoms with E-state index in [1.807, 2.05) is 13.8 Å². The van der Waals surface area contributed by atoms with Gasteiger partial charge in [0.15, 0.2) is 0 Å². The van der Waals surface area contributed by atoms with Crippen LogP contribution in [0.15, 0.2) is 15.8 Å². The lowest BCUT2D eigenvalue weighted by atomic mass is 10.4. The van der Waals surface area contributed by atoms with Gasteiger partial charge in [-0.3, -0.25) is 13.9 Å². The van der Waals surface area contributed by atoms with Gasteiger partial charge in [0.1, 0.15) is 5.69 Å². The smallest absolute Gasteiger partial charge is 0.331 e. The number of nitrogens with zero attached hydrogens (tertiary/aromatic N) is 2. The summed E-state index contributed by atoms with van der Waals surface area (Å²) in [7, 11) is 0. The second kappa shape index (κ2) is 4.13. The molecule has 0 aliphatic rings. The number of nitrogen functional groups attached to an aromatic ring is 1. The van der Waals surface area contributed by atoms with E-state index in [0.717, 1.165) is 6.42 Å². The maximum Gasteiger partial charge on any atom is 0.331 e. The van der Waals surface area contributed by atoms with Gasteiger partial charge in [-0.15, -0.1) is 0 Å². The lowest BCUT2D eigenvalue weighted by molar-refractivity contribution is 0.561. The van der Waals surface area contributed by atoms with Crippen molar-refractivity contribution in [3.05, 3.63) is 27.0 Å². The highest BCUT2D eigenvalue weighted by Gasteiger charge is 2.06. The molecule has 0 atom stereocenters. The molecular formula is C9H15N3O2. The van der Waals surface area contributed by atoms with Gasteiger partial charge in [-0.1, -0.05) is 6.92 Å². The predicted octanol–water partition coefficient (Wildman–Crippen LogP) is 0.0221. The fourth-order valence-corrected chi connectivity index (χ4v) is 1.32. The van der Waals surface area contributed by atoms with Gasteiger partial charge in [0.25, 0.3) is 5.56 Å². The Morgan fingerprint density at radius 1 is 1.36 bits per heavy atom. The van der Waals surface area contributed by atoms with Gasteiger partial charge in [0, 0.05) is 19.3 Å². The molecule has 5 heteroatoms. The van der Waals surface area contributed by atoms with Gasteiger partial charge in [0.05, 0.1) is 0 Å². The molecule has 0 radical (unpaired) electrons. The standard InChI is InChI=1S/C9H15N3O2/c1-3-5-12-8(13)7(10)6-11(4-2)9(12)14/h6H,3-5,10H2,1-2H3. The molecule has 1 aromatic heterocycles. The molecule has 0 bridgehead atoms. The number of rotatable bonds is 3. The quantitative estimate of drug-likeness (QED) is 0.742.